The second-order valence-electron chi connectivity index (χ2n) is 4.88. The molecule has 4 nitrogen and oxygen atoms in total. The minimum absolute atomic E-state index is 0.308. The average molecular weight is 299 g/mol. The van der Waals surface area contributed by atoms with Gasteiger partial charge in [-0.25, -0.2) is 4.68 Å². The van der Waals surface area contributed by atoms with Gasteiger partial charge in [0, 0.05) is 5.02 Å². The van der Waals surface area contributed by atoms with Crippen molar-refractivity contribution in [2.45, 2.75) is 13.0 Å². The average Bonchev–Trinajstić information content (AvgIpc) is 2.97. The van der Waals surface area contributed by atoms with Crippen LogP contribution in [0, 0.1) is 6.92 Å². The van der Waals surface area contributed by atoms with Crippen LogP contribution in [0.15, 0.2) is 54.7 Å². The first-order chi connectivity index (χ1) is 10.2. The van der Waals surface area contributed by atoms with E-state index in [1.807, 2.05) is 55.5 Å². The Balaban J connectivity index is 2.03. The Kier molecular flexibility index (Phi) is 3.73. The van der Waals surface area contributed by atoms with Crippen LogP contribution in [0.4, 0.5) is 0 Å². The molecule has 2 aromatic carbocycles. The van der Waals surface area contributed by atoms with Crippen molar-refractivity contribution in [3.05, 3.63) is 76.6 Å². The first kappa shape index (κ1) is 13.8. The zero-order valence-electron chi connectivity index (χ0n) is 11.6. The van der Waals surface area contributed by atoms with Gasteiger partial charge in [-0.2, -0.15) is 0 Å². The number of para-hydroxylation sites is 1. The van der Waals surface area contributed by atoms with E-state index in [1.165, 1.54) is 0 Å². The van der Waals surface area contributed by atoms with Crippen molar-refractivity contribution in [3.8, 4) is 5.69 Å². The molecule has 2 N–H and O–H groups in total. The summed E-state index contributed by atoms with van der Waals surface area (Å²) in [6.45, 7) is 2.00. The molecular formula is C16H15ClN4. The highest BCUT2D eigenvalue weighted by Gasteiger charge is 2.17. The number of nitrogens with two attached hydrogens (primary N) is 1. The molecule has 3 rings (SSSR count). The molecule has 5 heteroatoms. The highest BCUT2D eigenvalue weighted by molar-refractivity contribution is 6.30. The summed E-state index contributed by atoms with van der Waals surface area (Å²) in [5.41, 5.74) is 10.2. The number of benzene rings is 2. The highest BCUT2D eigenvalue weighted by Crippen LogP contribution is 2.25. The number of nitrogens with zero attached hydrogens (tertiary/aromatic N) is 3. The van der Waals surface area contributed by atoms with Crippen molar-refractivity contribution in [3.63, 3.8) is 0 Å². The molecule has 106 valence electrons. The van der Waals surface area contributed by atoms with Crippen molar-refractivity contribution >= 4 is 11.6 Å². The van der Waals surface area contributed by atoms with E-state index >= 15 is 0 Å². The highest BCUT2D eigenvalue weighted by atomic mass is 35.5. The largest absolute Gasteiger partial charge is 0.319 e. The van der Waals surface area contributed by atoms with Crippen LogP contribution in [0.25, 0.3) is 5.69 Å². The molecule has 21 heavy (non-hydrogen) atoms. The lowest BCUT2D eigenvalue weighted by molar-refractivity contribution is 0.717. The second kappa shape index (κ2) is 5.68. The van der Waals surface area contributed by atoms with Crippen LogP contribution in [-0.2, 0) is 0 Å². The fourth-order valence-electron chi connectivity index (χ4n) is 2.37. The molecule has 1 unspecified atom stereocenters. The number of halogens is 1. The molecule has 0 saturated carbocycles. The number of hydrogen-bond donors (Lipinski definition) is 1. The van der Waals surface area contributed by atoms with E-state index in [1.54, 1.807) is 10.9 Å². The third-order valence-corrected chi connectivity index (χ3v) is 3.70. The molecule has 0 amide bonds. The SMILES string of the molecule is Cc1cc(Cl)ccc1C(N)c1cnnn1-c1ccccc1. The summed E-state index contributed by atoms with van der Waals surface area (Å²) in [6, 6.07) is 15.2. The summed E-state index contributed by atoms with van der Waals surface area (Å²) in [6.07, 6.45) is 1.70. The molecule has 0 aliphatic rings. The summed E-state index contributed by atoms with van der Waals surface area (Å²) in [5, 5.41) is 8.85. The smallest absolute Gasteiger partial charge is 0.0858 e. The maximum absolute atomic E-state index is 6.41. The summed E-state index contributed by atoms with van der Waals surface area (Å²) in [4.78, 5) is 0. The van der Waals surface area contributed by atoms with Crippen molar-refractivity contribution in [2.24, 2.45) is 5.73 Å². The molecule has 0 saturated heterocycles. The monoisotopic (exact) mass is 298 g/mol. The molecule has 1 aromatic heterocycles. The van der Waals surface area contributed by atoms with E-state index in [9.17, 15) is 0 Å². The molecule has 1 atom stereocenters. The number of rotatable bonds is 3. The predicted octanol–water partition coefficient (Wildman–Crippen LogP) is 3.28. The van der Waals surface area contributed by atoms with E-state index in [4.69, 9.17) is 17.3 Å². The quantitative estimate of drug-likeness (QED) is 0.807. The lowest BCUT2D eigenvalue weighted by atomic mass is 10.00. The van der Waals surface area contributed by atoms with Crippen LogP contribution in [0.5, 0.6) is 0 Å². The molecule has 3 aromatic rings. The van der Waals surface area contributed by atoms with Gasteiger partial charge in [-0.3, -0.25) is 0 Å². The summed E-state index contributed by atoms with van der Waals surface area (Å²) >= 11 is 6.00. The van der Waals surface area contributed by atoms with Crippen LogP contribution < -0.4 is 5.73 Å². The molecule has 0 bridgehead atoms. The van der Waals surface area contributed by atoms with Gasteiger partial charge in [0.15, 0.2) is 0 Å². The molecular weight excluding hydrogens is 284 g/mol. The van der Waals surface area contributed by atoms with Crippen LogP contribution in [0.1, 0.15) is 22.9 Å². The molecule has 0 radical (unpaired) electrons. The molecule has 1 heterocycles. The van der Waals surface area contributed by atoms with Crippen LogP contribution in [-0.4, -0.2) is 15.0 Å². The topological polar surface area (TPSA) is 56.7 Å². The van der Waals surface area contributed by atoms with E-state index in [-0.39, 0.29) is 6.04 Å². The molecule has 0 fully saturated rings. The number of hydrogen-bond acceptors (Lipinski definition) is 3. The predicted molar refractivity (Wildman–Crippen MR) is 83.6 cm³/mol. The Morgan fingerprint density at radius 3 is 2.62 bits per heavy atom. The zero-order chi connectivity index (χ0) is 14.8. The van der Waals surface area contributed by atoms with Gasteiger partial charge in [0.05, 0.1) is 23.6 Å². The lowest BCUT2D eigenvalue weighted by Gasteiger charge is -2.16. The summed E-state index contributed by atoms with van der Waals surface area (Å²) in [5.74, 6) is 0. The standard InChI is InChI=1S/C16H15ClN4/c1-11-9-12(17)7-8-14(11)16(18)15-10-19-20-21(15)13-5-3-2-4-6-13/h2-10,16H,18H2,1H3. The minimum Gasteiger partial charge on any atom is -0.319 e. The van der Waals surface area contributed by atoms with E-state index in [2.05, 4.69) is 10.3 Å². The van der Waals surface area contributed by atoms with Crippen molar-refractivity contribution in [2.75, 3.05) is 0 Å². The van der Waals surface area contributed by atoms with Crippen LogP contribution in [0.3, 0.4) is 0 Å². The Bertz CT molecular complexity index is 752. The Labute approximate surface area is 128 Å². The van der Waals surface area contributed by atoms with Gasteiger partial charge in [-0.05, 0) is 42.3 Å². The maximum atomic E-state index is 6.41. The first-order valence-corrected chi connectivity index (χ1v) is 7.02. The fraction of sp³-hybridized carbons (Fsp3) is 0.125. The summed E-state index contributed by atoms with van der Waals surface area (Å²) < 4.78 is 1.76. The van der Waals surface area contributed by atoms with Gasteiger partial charge < -0.3 is 5.73 Å². The minimum atomic E-state index is -0.308. The Morgan fingerprint density at radius 1 is 1.14 bits per heavy atom. The van der Waals surface area contributed by atoms with Crippen molar-refractivity contribution in [1.29, 1.82) is 0 Å². The van der Waals surface area contributed by atoms with Gasteiger partial charge in [0.2, 0.25) is 0 Å². The third kappa shape index (κ3) is 2.68. The normalized spacial score (nSPS) is 12.3. The fourth-order valence-corrected chi connectivity index (χ4v) is 2.60. The van der Waals surface area contributed by atoms with Crippen LogP contribution in [0.2, 0.25) is 5.02 Å². The van der Waals surface area contributed by atoms with Gasteiger partial charge in [0.25, 0.3) is 0 Å². The molecule has 0 spiro atoms. The van der Waals surface area contributed by atoms with Gasteiger partial charge in [-0.15, -0.1) is 5.10 Å². The van der Waals surface area contributed by atoms with E-state index < -0.39 is 0 Å². The van der Waals surface area contributed by atoms with E-state index in [0.29, 0.717) is 5.02 Å². The Hall–Kier alpha value is -2.17. The maximum Gasteiger partial charge on any atom is 0.0858 e. The Morgan fingerprint density at radius 2 is 1.90 bits per heavy atom. The first-order valence-electron chi connectivity index (χ1n) is 6.64. The van der Waals surface area contributed by atoms with Crippen molar-refractivity contribution in [1.82, 2.24) is 15.0 Å². The third-order valence-electron chi connectivity index (χ3n) is 3.46. The molecule has 0 aliphatic carbocycles. The number of aromatic nitrogens is 3. The molecule has 0 aliphatic heterocycles. The van der Waals surface area contributed by atoms with Gasteiger partial charge in [0.1, 0.15) is 0 Å². The second-order valence-corrected chi connectivity index (χ2v) is 5.32. The summed E-state index contributed by atoms with van der Waals surface area (Å²) in [7, 11) is 0. The van der Waals surface area contributed by atoms with E-state index in [0.717, 1.165) is 22.5 Å². The number of aryl methyl sites for hydroxylation is 1. The zero-order valence-corrected chi connectivity index (χ0v) is 12.3. The van der Waals surface area contributed by atoms with Gasteiger partial charge >= 0.3 is 0 Å². The lowest BCUT2D eigenvalue weighted by Crippen LogP contribution is -2.17. The van der Waals surface area contributed by atoms with Crippen molar-refractivity contribution < 1.29 is 0 Å². The van der Waals surface area contributed by atoms with Crippen LogP contribution >= 0.6 is 11.6 Å². The van der Waals surface area contributed by atoms with Gasteiger partial charge in [-0.1, -0.05) is 41.1 Å².